The fourth-order valence-electron chi connectivity index (χ4n) is 1.90. The summed E-state index contributed by atoms with van der Waals surface area (Å²) < 4.78 is 0. The number of rotatable bonds is 4. The van der Waals surface area contributed by atoms with Crippen molar-refractivity contribution in [2.45, 2.75) is 12.5 Å². The third kappa shape index (κ3) is 3.11. The van der Waals surface area contributed by atoms with Gasteiger partial charge in [-0.25, -0.2) is 0 Å². The zero-order valence-electron chi connectivity index (χ0n) is 10.3. The highest BCUT2D eigenvalue weighted by Gasteiger charge is 2.13. The molecule has 0 heterocycles. The number of hydrogen-bond acceptors (Lipinski definition) is 3. The summed E-state index contributed by atoms with van der Waals surface area (Å²) in [6, 6.07) is 13.5. The molecule has 19 heavy (non-hydrogen) atoms. The van der Waals surface area contributed by atoms with E-state index in [1.807, 2.05) is 30.3 Å². The van der Waals surface area contributed by atoms with Gasteiger partial charge in [0, 0.05) is 5.56 Å². The molecule has 2 aromatic carbocycles. The molecular weight excluding hydrogens is 242 g/mol. The van der Waals surface area contributed by atoms with E-state index in [0.29, 0.717) is 5.56 Å². The number of nitrogens with two attached hydrogens (primary N) is 1. The molecule has 0 aliphatic heterocycles. The second-order valence-electron chi connectivity index (χ2n) is 4.37. The minimum Gasteiger partial charge on any atom is -0.507 e. The van der Waals surface area contributed by atoms with E-state index in [4.69, 9.17) is 10.8 Å². The number of hydrogen-bond donors (Lipinski definition) is 3. The van der Waals surface area contributed by atoms with Gasteiger partial charge < -0.3 is 15.9 Å². The summed E-state index contributed by atoms with van der Waals surface area (Å²) in [6.07, 6.45) is 0.232. The van der Waals surface area contributed by atoms with E-state index in [0.717, 1.165) is 11.1 Å². The van der Waals surface area contributed by atoms with Crippen LogP contribution in [0.2, 0.25) is 0 Å². The first kappa shape index (κ1) is 13.1. The van der Waals surface area contributed by atoms with Crippen molar-refractivity contribution in [1.82, 2.24) is 0 Å². The molecule has 98 valence electrons. The van der Waals surface area contributed by atoms with E-state index < -0.39 is 12.0 Å². The Morgan fingerprint density at radius 3 is 2.47 bits per heavy atom. The second-order valence-corrected chi connectivity index (χ2v) is 4.37. The molecule has 0 aromatic heterocycles. The molecule has 2 rings (SSSR count). The van der Waals surface area contributed by atoms with Crippen molar-refractivity contribution in [2.24, 2.45) is 5.73 Å². The highest BCUT2D eigenvalue weighted by atomic mass is 16.4. The number of phenols is 1. The maximum Gasteiger partial charge on any atom is 0.320 e. The Labute approximate surface area is 111 Å². The number of carboxylic acid groups (broad SMARTS) is 1. The Balaban J connectivity index is 2.33. The molecule has 4 nitrogen and oxygen atoms in total. The molecule has 1 atom stereocenters. The van der Waals surface area contributed by atoms with Crippen LogP contribution >= 0.6 is 0 Å². The fourth-order valence-corrected chi connectivity index (χ4v) is 1.90. The Kier molecular flexibility index (Phi) is 3.82. The van der Waals surface area contributed by atoms with Gasteiger partial charge in [-0.2, -0.15) is 0 Å². The highest BCUT2D eigenvalue weighted by molar-refractivity contribution is 5.74. The first-order valence-corrected chi connectivity index (χ1v) is 5.93. The average molecular weight is 257 g/mol. The van der Waals surface area contributed by atoms with Gasteiger partial charge >= 0.3 is 5.97 Å². The lowest BCUT2D eigenvalue weighted by Crippen LogP contribution is -2.32. The van der Waals surface area contributed by atoms with Gasteiger partial charge in [-0.15, -0.1) is 0 Å². The standard InChI is InChI=1S/C15H15NO3/c16-13(15(18)19)9-10-6-7-14(17)12(8-10)11-4-2-1-3-5-11/h1-8,13,17H,9,16H2,(H,18,19)/t13-/m0/s1. The monoisotopic (exact) mass is 257 g/mol. The first-order valence-electron chi connectivity index (χ1n) is 5.93. The number of aromatic hydroxyl groups is 1. The molecule has 0 fully saturated rings. The number of carboxylic acids is 1. The van der Waals surface area contributed by atoms with Crippen LogP contribution in [-0.2, 0) is 11.2 Å². The van der Waals surface area contributed by atoms with Gasteiger partial charge in [-0.3, -0.25) is 4.79 Å². The van der Waals surface area contributed by atoms with Crippen LogP contribution in [0.3, 0.4) is 0 Å². The second kappa shape index (κ2) is 5.54. The largest absolute Gasteiger partial charge is 0.507 e. The maximum absolute atomic E-state index is 10.8. The highest BCUT2D eigenvalue weighted by Crippen LogP contribution is 2.30. The lowest BCUT2D eigenvalue weighted by Gasteiger charge is -2.10. The smallest absolute Gasteiger partial charge is 0.320 e. The topological polar surface area (TPSA) is 83.5 Å². The van der Waals surface area contributed by atoms with Gasteiger partial charge in [-0.05, 0) is 29.7 Å². The van der Waals surface area contributed by atoms with Crippen molar-refractivity contribution in [2.75, 3.05) is 0 Å². The van der Waals surface area contributed by atoms with E-state index in [2.05, 4.69) is 0 Å². The third-order valence-corrected chi connectivity index (χ3v) is 2.92. The lowest BCUT2D eigenvalue weighted by atomic mass is 9.99. The van der Waals surface area contributed by atoms with Gasteiger partial charge in [0.05, 0.1) is 0 Å². The molecule has 0 aliphatic carbocycles. The van der Waals surface area contributed by atoms with Crippen LogP contribution in [0.5, 0.6) is 5.75 Å². The first-order chi connectivity index (χ1) is 9.08. The van der Waals surface area contributed by atoms with E-state index in [1.54, 1.807) is 18.2 Å². The molecule has 2 aromatic rings. The summed E-state index contributed by atoms with van der Waals surface area (Å²) in [5, 5.41) is 18.7. The van der Waals surface area contributed by atoms with Gasteiger partial charge in [0.1, 0.15) is 11.8 Å². The Hall–Kier alpha value is -2.33. The van der Waals surface area contributed by atoms with Crippen LogP contribution in [0.4, 0.5) is 0 Å². The minimum absolute atomic E-state index is 0.166. The molecule has 0 bridgehead atoms. The minimum atomic E-state index is -1.03. The molecule has 4 N–H and O–H groups in total. The van der Waals surface area contributed by atoms with E-state index in [1.165, 1.54) is 0 Å². The van der Waals surface area contributed by atoms with Gasteiger partial charge in [0.15, 0.2) is 0 Å². The number of phenolic OH excluding ortho intramolecular Hbond substituents is 1. The van der Waals surface area contributed by atoms with Crippen LogP contribution < -0.4 is 5.73 Å². The molecule has 0 saturated carbocycles. The van der Waals surface area contributed by atoms with Gasteiger partial charge in [-0.1, -0.05) is 36.4 Å². The summed E-state index contributed by atoms with van der Waals surface area (Å²) in [5.41, 5.74) is 7.85. The zero-order valence-corrected chi connectivity index (χ0v) is 10.3. The quantitative estimate of drug-likeness (QED) is 0.782. The van der Waals surface area contributed by atoms with Crippen LogP contribution in [0.15, 0.2) is 48.5 Å². The summed E-state index contributed by atoms with van der Waals surface area (Å²) in [4.78, 5) is 10.8. The van der Waals surface area contributed by atoms with Gasteiger partial charge in [0.2, 0.25) is 0 Å². The van der Waals surface area contributed by atoms with Crippen molar-refractivity contribution in [1.29, 1.82) is 0 Å². The van der Waals surface area contributed by atoms with E-state index in [-0.39, 0.29) is 12.2 Å². The summed E-state index contributed by atoms with van der Waals surface area (Å²) >= 11 is 0. The number of benzene rings is 2. The Morgan fingerprint density at radius 1 is 1.16 bits per heavy atom. The van der Waals surface area contributed by atoms with Crippen molar-refractivity contribution < 1.29 is 15.0 Å². The van der Waals surface area contributed by atoms with Gasteiger partial charge in [0.25, 0.3) is 0 Å². The summed E-state index contributed by atoms with van der Waals surface area (Å²) in [7, 11) is 0. The fraction of sp³-hybridized carbons (Fsp3) is 0.133. The molecular formula is C15H15NO3. The predicted molar refractivity (Wildman–Crippen MR) is 72.9 cm³/mol. The lowest BCUT2D eigenvalue weighted by molar-refractivity contribution is -0.138. The normalized spacial score (nSPS) is 12.1. The molecule has 0 spiro atoms. The average Bonchev–Trinajstić information content (AvgIpc) is 2.41. The van der Waals surface area contributed by atoms with Crippen LogP contribution in [-0.4, -0.2) is 22.2 Å². The number of aliphatic carboxylic acids is 1. The third-order valence-electron chi connectivity index (χ3n) is 2.92. The molecule has 0 aliphatic rings. The summed E-state index contributed by atoms with van der Waals surface area (Å²) in [6.45, 7) is 0. The van der Waals surface area contributed by atoms with E-state index in [9.17, 15) is 9.90 Å². The Morgan fingerprint density at radius 2 is 1.84 bits per heavy atom. The van der Waals surface area contributed by atoms with Crippen molar-refractivity contribution >= 4 is 5.97 Å². The van der Waals surface area contributed by atoms with Crippen molar-refractivity contribution in [3.63, 3.8) is 0 Å². The molecule has 0 amide bonds. The number of carbonyl (C=O) groups is 1. The molecule has 0 saturated heterocycles. The zero-order chi connectivity index (χ0) is 13.8. The SMILES string of the molecule is N[C@@H](Cc1ccc(O)c(-c2ccccc2)c1)C(=O)O. The van der Waals surface area contributed by atoms with Crippen molar-refractivity contribution in [3.05, 3.63) is 54.1 Å². The van der Waals surface area contributed by atoms with Crippen molar-refractivity contribution in [3.8, 4) is 16.9 Å². The molecule has 4 heteroatoms. The predicted octanol–water partition coefficient (Wildman–Crippen LogP) is 2.01. The Bertz CT molecular complexity index is 581. The molecule has 0 radical (unpaired) electrons. The van der Waals surface area contributed by atoms with E-state index >= 15 is 0 Å². The van der Waals surface area contributed by atoms with Crippen LogP contribution in [0.1, 0.15) is 5.56 Å². The van der Waals surface area contributed by atoms with Crippen LogP contribution in [0, 0.1) is 0 Å². The molecule has 0 unspecified atom stereocenters. The maximum atomic E-state index is 10.8. The van der Waals surface area contributed by atoms with Crippen LogP contribution in [0.25, 0.3) is 11.1 Å². The summed E-state index contributed by atoms with van der Waals surface area (Å²) in [5.74, 6) is -0.867.